The standard InChI is InChI=1S/C12H20O/c1-2-3-4-5-11-6-8-12(10-13)9-7-11/h2-3,10-12H,4-9H2,1H3/b3-2+. The Hall–Kier alpha value is -0.590. The minimum absolute atomic E-state index is 0.373. The van der Waals surface area contributed by atoms with E-state index in [0.29, 0.717) is 5.92 Å². The maximum Gasteiger partial charge on any atom is 0.123 e. The first-order valence-corrected chi connectivity index (χ1v) is 5.43. The number of rotatable bonds is 4. The van der Waals surface area contributed by atoms with Crippen molar-refractivity contribution in [3.63, 3.8) is 0 Å². The molecule has 13 heavy (non-hydrogen) atoms. The van der Waals surface area contributed by atoms with E-state index < -0.39 is 0 Å². The topological polar surface area (TPSA) is 17.1 Å². The lowest BCUT2D eigenvalue weighted by molar-refractivity contribution is -0.112. The van der Waals surface area contributed by atoms with E-state index in [-0.39, 0.29) is 0 Å². The minimum Gasteiger partial charge on any atom is -0.303 e. The smallest absolute Gasteiger partial charge is 0.123 e. The van der Waals surface area contributed by atoms with E-state index in [1.165, 1.54) is 25.7 Å². The van der Waals surface area contributed by atoms with Gasteiger partial charge in [-0.2, -0.15) is 0 Å². The molecular formula is C12H20O. The fraction of sp³-hybridized carbons (Fsp3) is 0.750. The summed E-state index contributed by atoms with van der Waals surface area (Å²) in [7, 11) is 0. The van der Waals surface area contributed by atoms with E-state index in [4.69, 9.17) is 0 Å². The third kappa shape index (κ3) is 3.75. The number of hydrogen-bond donors (Lipinski definition) is 0. The van der Waals surface area contributed by atoms with E-state index in [1.54, 1.807) is 0 Å². The number of allylic oxidation sites excluding steroid dienone is 2. The van der Waals surface area contributed by atoms with Crippen molar-refractivity contribution in [2.75, 3.05) is 0 Å². The van der Waals surface area contributed by atoms with Gasteiger partial charge in [0, 0.05) is 5.92 Å². The Kier molecular flexibility index (Phi) is 4.81. The zero-order valence-corrected chi connectivity index (χ0v) is 8.54. The maximum atomic E-state index is 10.5. The summed E-state index contributed by atoms with van der Waals surface area (Å²) in [6.07, 6.45) is 12.8. The first kappa shape index (κ1) is 10.5. The molecule has 1 saturated carbocycles. The van der Waals surface area contributed by atoms with Crippen LogP contribution in [0.2, 0.25) is 0 Å². The molecule has 1 fully saturated rings. The van der Waals surface area contributed by atoms with Gasteiger partial charge in [-0.15, -0.1) is 0 Å². The first-order chi connectivity index (χ1) is 6.36. The molecule has 1 heteroatoms. The summed E-state index contributed by atoms with van der Waals surface area (Å²) in [5.74, 6) is 1.25. The second kappa shape index (κ2) is 5.95. The quantitative estimate of drug-likeness (QED) is 0.479. The van der Waals surface area contributed by atoms with Gasteiger partial charge in [-0.1, -0.05) is 12.2 Å². The predicted molar refractivity (Wildman–Crippen MR) is 55.6 cm³/mol. The number of carbonyl (C=O) groups is 1. The molecule has 0 aliphatic heterocycles. The molecule has 0 N–H and O–H groups in total. The molecule has 0 aromatic rings. The molecule has 0 amide bonds. The third-order valence-electron chi connectivity index (χ3n) is 3.06. The van der Waals surface area contributed by atoms with Crippen LogP contribution in [-0.2, 0) is 4.79 Å². The van der Waals surface area contributed by atoms with Crippen molar-refractivity contribution in [2.45, 2.75) is 45.4 Å². The minimum atomic E-state index is 0.373. The molecule has 1 aliphatic carbocycles. The first-order valence-electron chi connectivity index (χ1n) is 5.43. The van der Waals surface area contributed by atoms with Crippen molar-refractivity contribution in [3.8, 4) is 0 Å². The van der Waals surface area contributed by atoms with Crippen LogP contribution in [0.25, 0.3) is 0 Å². The van der Waals surface area contributed by atoms with E-state index >= 15 is 0 Å². The van der Waals surface area contributed by atoms with Crippen LogP contribution in [0, 0.1) is 11.8 Å². The molecule has 0 heterocycles. The van der Waals surface area contributed by atoms with Gasteiger partial charge >= 0.3 is 0 Å². The van der Waals surface area contributed by atoms with Gasteiger partial charge in [-0.3, -0.25) is 0 Å². The van der Waals surface area contributed by atoms with Gasteiger partial charge in [0.05, 0.1) is 0 Å². The number of aldehydes is 1. The normalized spacial score (nSPS) is 29.3. The van der Waals surface area contributed by atoms with Crippen LogP contribution in [0.3, 0.4) is 0 Å². The second-order valence-electron chi connectivity index (χ2n) is 4.06. The summed E-state index contributed by atoms with van der Waals surface area (Å²) in [6.45, 7) is 2.07. The SMILES string of the molecule is C/C=C/CCC1CCC(C=O)CC1. The Labute approximate surface area is 81.2 Å². The molecule has 0 saturated heterocycles. The number of carbonyl (C=O) groups excluding carboxylic acids is 1. The third-order valence-corrected chi connectivity index (χ3v) is 3.06. The zero-order valence-electron chi connectivity index (χ0n) is 8.54. The molecule has 0 atom stereocenters. The van der Waals surface area contributed by atoms with Gasteiger partial charge in [0.1, 0.15) is 6.29 Å². The Balaban J connectivity index is 2.13. The molecule has 0 spiro atoms. The van der Waals surface area contributed by atoms with Crippen LogP contribution in [0.1, 0.15) is 45.4 Å². The zero-order chi connectivity index (χ0) is 9.52. The summed E-state index contributed by atoms with van der Waals surface area (Å²) >= 11 is 0. The van der Waals surface area contributed by atoms with Gasteiger partial charge < -0.3 is 4.79 Å². The lowest BCUT2D eigenvalue weighted by atomic mass is 9.81. The maximum absolute atomic E-state index is 10.5. The van der Waals surface area contributed by atoms with Crippen LogP contribution in [0.4, 0.5) is 0 Å². The average molecular weight is 180 g/mol. The summed E-state index contributed by atoms with van der Waals surface area (Å²) in [4.78, 5) is 10.5. The van der Waals surface area contributed by atoms with E-state index in [9.17, 15) is 4.79 Å². The predicted octanol–water partition coefficient (Wildman–Crippen LogP) is 3.35. The molecule has 0 aromatic heterocycles. The molecule has 1 nitrogen and oxygen atoms in total. The highest BCUT2D eigenvalue weighted by molar-refractivity contribution is 5.53. The fourth-order valence-corrected chi connectivity index (χ4v) is 2.11. The molecule has 0 aromatic carbocycles. The molecule has 1 rings (SSSR count). The molecule has 1 aliphatic rings. The van der Waals surface area contributed by atoms with Crippen LogP contribution >= 0.6 is 0 Å². The van der Waals surface area contributed by atoms with Crippen LogP contribution in [0.5, 0.6) is 0 Å². The van der Waals surface area contributed by atoms with E-state index in [1.807, 2.05) is 0 Å². The van der Waals surface area contributed by atoms with Crippen LogP contribution in [0.15, 0.2) is 12.2 Å². The molecular weight excluding hydrogens is 160 g/mol. The highest BCUT2D eigenvalue weighted by atomic mass is 16.1. The van der Waals surface area contributed by atoms with Gasteiger partial charge in [-0.25, -0.2) is 0 Å². The Bertz CT molecular complexity index is 164. The largest absolute Gasteiger partial charge is 0.303 e. The van der Waals surface area contributed by atoms with Gasteiger partial charge in [-0.05, 0) is 51.4 Å². The van der Waals surface area contributed by atoms with Gasteiger partial charge in [0.2, 0.25) is 0 Å². The van der Waals surface area contributed by atoms with Crippen molar-refractivity contribution >= 4 is 6.29 Å². The summed E-state index contributed by atoms with van der Waals surface area (Å²) < 4.78 is 0. The fourth-order valence-electron chi connectivity index (χ4n) is 2.11. The Morgan fingerprint density at radius 1 is 1.23 bits per heavy atom. The van der Waals surface area contributed by atoms with Gasteiger partial charge in [0.25, 0.3) is 0 Å². The summed E-state index contributed by atoms with van der Waals surface area (Å²) in [6, 6.07) is 0. The summed E-state index contributed by atoms with van der Waals surface area (Å²) in [5.41, 5.74) is 0. The highest BCUT2D eigenvalue weighted by Gasteiger charge is 2.19. The lowest BCUT2D eigenvalue weighted by Gasteiger charge is -2.24. The van der Waals surface area contributed by atoms with Crippen LogP contribution < -0.4 is 0 Å². The van der Waals surface area contributed by atoms with Crippen molar-refractivity contribution in [1.29, 1.82) is 0 Å². The lowest BCUT2D eigenvalue weighted by Crippen LogP contribution is -2.15. The van der Waals surface area contributed by atoms with Crippen molar-refractivity contribution in [2.24, 2.45) is 11.8 Å². The second-order valence-corrected chi connectivity index (χ2v) is 4.06. The van der Waals surface area contributed by atoms with Gasteiger partial charge in [0.15, 0.2) is 0 Å². The Morgan fingerprint density at radius 2 is 1.92 bits per heavy atom. The van der Waals surface area contributed by atoms with E-state index in [2.05, 4.69) is 19.1 Å². The Morgan fingerprint density at radius 3 is 2.46 bits per heavy atom. The summed E-state index contributed by atoms with van der Waals surface area (Å²) in [5, 5.41) is 0. The van der Waals surface area contributed by atoms with E-state index in [0.717, 1.165) is 25.0 Å². The molecule has 0 unspecified atom stereocenters. The highest BCUT2D eigenvalue weighted by Crippen LogP contribution is 2.30. The molecule has 0 bridgehead atoms. The monoisotopic (exact) mass is 180 g/mol. The average Bonchev–Trinajstić information content (AvgIpc) is 2.19. The number of hydrogen-bond acceptors (Lipinski definition) is 1. The molecule has 0 radical (unpaired) electrons. The van der Waals surface area contributed by atoms with Crippen molar-refractivity contribution in [1.82, 2.24) is 0 Å². The molecule has 74 valence electrons. The van der Waals surface area contributed by atoms with Crippen molar-refractivity contribution in [3.05, 3.63) is 12.2 Å². The van der Waals surface area contributed by atoms with Crippen molar-refractivity contribution < 1.29 is 4.79 Å². The van der Waals surface area contributed by atoms with Crippen LogP contribution in [-0.4, -0.2) is 6.29 Å².